The molecule has 1 unspecified atom stereocenters. The Morgan fingerprint density at radius 2 is 1.86 bits per heavy atom. The number of benzene rings is 1. The normalized spacial score (nSPS) is 14.3. The predicted molar refractivity (Wildman–Crippen MR) is 113 cm³/mol. The van der Waals surface area contributed by atoms with E-state index < -0.39 is 0 Å². The first-order valence-electron chi connectivity index (χ1n) is 10.5. The second kappa shape index (κ2) is 12.9. The molecule has 6 heteroatoms. The maximum absolute atomic E-state index is 11.9. The number of carbonyl (C=O) groups excluding carboxylic acids is 1. The van der Waals surface area contributed by atoms with Crippen molar-refractivity contribution in [2.24, 2.45) is 5.92 Å². The molecule has 3 rings (SSSR count). The molecule has 0 spiro atoms. The number of ether oxygens (including phenoxy) is 3. The van der Waals surface area contributed by atoms with Gasteiger partial charge in [0.2, 0.25) is 0 Å². The van der Waals surface area contributed by atoms with E-state index in [1.54, 1.807) is 6.20 Å². The Morgan fingerprint density at radius 1 is 1.14 bits per heavy atom. The van der Waals surface area contributed by atoms with Crippen molar-refractivity contribution in [1.82, 2.24) is 9.97 Å². The van der Waals surface area contributed by atoms with Gasteiger partial charge in [-0.3, -0.25) is 4.79 Å². The molecule has 158 valence electrons. The Morgan fingerprint density at radius 3 is 2.41 bits per heavy atom. The molecule has 0 bridgehead atoms. The van der Waals surface area contributed by atoms with Gasteiger partial charge in [0.15, 0.2) is 5.75 Å². The lowest BCUT2D eigenvalue weighted by Crippen LogP contribution is -2.18. The third-order valence-corrected chi connectivity index (χ3v) is 4.53. The topological polar surface area (TPSA) is 70.5 Å². The molecule has 1 aromatic carbocycles. The first kappa shape index (κ1) is 22.8. The summed E-state index contributed by atoms with van der Waals surface area (Å²) < 4.78 is 16.0. The molecule has 1 atom stereocenters. The molecule has 0 N–H and O–H groups in total. The lowest BCUT2D eigenvalue weighted by Gasteiger charge is -2.12. The molecule has 1 saturated heterocycles. The lowest BCUT2D eigenvalue weighted by molar-refractivity contribution is -0.139. The maximum atomic E-state index is 11.9. The highest BCUT2D eigenvalue weighted by molar-refractivity contribution is 5.74. The minimum atomic E-state index is -0.325. The van der Waals surface area contributed by atoms with Gasteiger partial charge in [0, 0.05) is 18.8 Å². The Bertz CT molecular complexity index is 721. The van der Waals surface area contributed by atoms with E-state index in [0.717, 1.165) is 25.2 Å². The number of carbonyl (C=O) groups is 1. The van der Waals surface area contributed by atoms with Crippen molar-refractivity contribution in [2.75, 3.05) is 19.8 Å². The summed E-state index contributed by atoms with van der Waals surface area (Å²) in [6.45, 7) is 8.36. The molecule has 29 heavy (non-hydrogen) atoms. The summed E-state index contributed by atoms with van der Waals surface area (Å²) in [6.07, 6.45) is 7.09. The van der Waals surface area contributed by atoms with Crippen LogP contribution in [0.1, 0.15) is 52.9 Å². The highest BCUT2D eigenvalue weighted by Crippen LogP contribution is 2.29. The number of nitrogens with zero attached hydrogens (tertiary/aromatic N) is 2. The van der Waals surface area contributed by atoms with Crippen LogP contribution in [-0.2, 0) is 9.53 Å². The largest absolute Gasteiger partial charge is 0.490 e. The minimum absolute atomic E-state index is 0.0537. The molecule has 0 saturated carbocycles. The van der Waals surface area contributed by atoms with Gasteiger partial charge in [0.25, 0.3) is 0 Å². The van der Waals surface area contributed by atoms with E-state index in [0.29, 0.717) is 24.5 Å². The Kier molecular flexibility index (Phi) is 10.1. The van der Waals surface area contributed by atoms with Crippen LogP contribution in [0.3, 0.4) is 0 Å². The van der Waals surface area contributed by atoms with Crippen molar-refractivity contribution in [2.45, 2.75) is 52.9 Å². The first-order valence-corrected chi connectivity index (χ1v) is 10.5. The average Bonchev–Trinajstić information content (AvgIpc) is 2.79. The summed E-state index contributed by atoms with van der Waals surface area (Å²) in [6, 6.07) is 9.69. The predicted octanol–water partition coefficient (Wildman–Crippen LogP) is 5.07. The van der Waals surface area contributed by atoms with Crippen LogP contribution in [0.5, 0.6) is 11.8 Å². The van der Waals surface area contributed by atoms with Crippen molar-refractivity contribution in [3.8, 4) is 23.0 Å². The van der Waals surface area contributed by atoms with Crippen LogP contribution < -0.4 is 9.47 Å². The summed E-state index contributed by atoms with van der Waals surface area (Å²) in [7, 11) is 0. The van der Waals surface area contributed by atoms with E-state index in [1.807, 2.05) is 51.1 Å². The number of hydrogen-bond acceptors (Lipinski definition) is 6. The number of rotatable bonds is 7. The average molecular weight is 401 g/mol. The van der Waals surface area contributed by atoms with Crippen LogP contribution in [0, 0.1) is 5.92 Å². The molecule has 6 nitrogen and oxygen atoms in total. The summed E-state index contributed by atoms with van der Waals surface area (Å²) in [5.74, 6) is 0.0740. The van der Waals surface area contributed by atoms with Crippen LogP contribution in [0.2, 0.25) is 0 Å². The summed E-state index contributed by atoms with van der Waals surface area (Å²) >= 11 is 0. The maximum Gasteiger partial charge on any atom is 0.325 e. The van der Waals surface area contributed by atoms with E-state index in [1.165, 1.54) is 19.3 Å². The van der Waals surface area contributed by atoms with Crippen molar-refractivity contribution in [3.05, 3.63) is 36.5 Å². The number of hydrogen-bond donors (Lipinski definition) is 0. The second-order valence-electron chi connectivity index (χ2n) is 6.98. The van der Waals surface area contributed by atoms with Gasteiger partial charge in [0.1, 0.15) is 5.69 Å². The Balaban J connectivity index is 0.000000426. The molecular formula is C23H32N2O4. The van der Waals surface area contributed by atoms with Gasteiger partial charge in [-0.25, -0.2) is 0 Å². The molecule has 0 amide bonds. The first-order chi connectivity index (χ1) is 14.2. The van der Waals surface area contributed by atoms with Crippen molar-refractivity contribution in [1.29, 1.82) is 0 Å². The Hall–Kier alpha value is -2.47. The second-order valence-corrected chi connectivity index (χ2v) is 6.98. The van der Waals surface area contributed by atoms with Gasteiger partial charge in [-0.1, -0.05) is 51.1 Å². The molecule has 1 aliphatic rings. The molecule has 1 aromatic heterocycles. The fourth-order valence-corrected chi connectivity index (χ4v) is 2.57. The number of esters is 1. The quantitative estimate of drug-likeness (QED) is 0.604. The van der Waals surface area contributed by atoms with Crippen LogP contribution >= 0.6 is 0 Å². The van der Waals surface area contributed by atoms with Gasteiger partial charge in [-0.05, 0) is 32.1 Å². The zero-order chi connectivity index (χ0) is 20.9. The summed E-state index contributed by atoms with van der Waals surface area (Å²) in [5, 5.41) is 0. The van der Waals surface area contributed by atoms with E-state index in [9.17, 15) is 4.79 Å². The smallest absolute Gasteiger partial charge is 0.325 e. The summed E-state index contributed by atoms with van der Waals surface area (Å²) in [4.78, 5) is 20.4. The van der Waals surface area contributed by atoms with Crippen LogP contribution in [0.15, 0.2) is 36.5 Å². The molecule has 2 heterocycles. The fourth-order valence-electron chi connectivity index (χ4n) is 2.57. The Labute approximate surface area is 173 Å². The van der Waals surface area contributed by atoms with E-state index in [4.69, 9.17) is 14.2 Å². The highest BCUT2D eigenvalue weighted by Gasteiger charge is 2.17. The zero-order valence-corrected chi connectivity index (χ0v) is 17.7. The molecule has 1 aliphatic heterocycles. The van der Waals surface area contributed by atoms with Gasteiger partial charge < -0.3 is 14.2 Å². The SMILES string of the molecule is C1CCOCC1.CCCOc1cnc(OC(=O)C(C)CC)nc1-c1ccccc1. The highest BCUT2D eigenvalue weighted by atomic mass is 16.5. The van der Waals surface area contributed by atoms with E-state index in [2.05, 4.69) is 9.97 Å². The molecular weight excluding hydrogens is 368 g/mol. The van der Waals surface area contributed by atoms with Gasteiger partial charge in [-0.2, -0.15) is 9.97 Å². The minimum Gasteiger partial charge on any atom is -0.490 e. The van der Waals surface area contributed by atoms with Crippen molar-refractivity contribution < 1.29 is 19.0 Å². The van der Waals surface area contributed by atoms with E-state index in [-0.39, 0.29) is 17.9 Å². The van der Waals surface area contributed by atoms with Gasteiger partial charge >= 0.3 is 12.0 Å². The van der Waals surface area contributed by atoms with Crippen LogP contribution in [0.4, 0.5) is 0 Å². The third-order valence-electron chi connectivity index (χ3n) is 4.53. The molecule has 1 fully saturated rings. The van der Waals surface area contributed by atoms with E-state index >= 15 is 0 Å². The van der Waals surface area contributed by atoms with Gasteiger partial charge in [-0.15, -0.1) is 0 Å². The molecule has 0 radical (unpaired) electrons. The molecule has 2 aromatic rings. The fraction of sp³-hybridized carbons (Fsp3) is 0.522. The monoisotopic (exact) mass is 400 g/mol. The zero-order valence-electron chi connectivity index (χ0n) is 17.7. The number of aromatic nitrogens is 2. The molecule has 0 aliphatic carbocycles. The lowest BCUT2D eigenvalue weighted by atomic mass is 10.1. The van der Waals surface area contributed by atoms with Crippen LogP contribution in [-0.4, -0.2) is 35.8 Å². The van der Waals surface area contributed by atoms with Crippen molar-refractivity contribution in [3.63, 3.8) is 0 Å². The summed E-state index contributed by atoms with van der Waals surface area (Å²) in [5.41, 5.74) is 1.52. The van der Waals surface area contributed by atoms with Crippen LogP contribution in [0.25, 0.3) is 11.3 Å². The van der Waals surface area contributed by atoms with Crippen molar-refractivity contribution >= 4 is 5.97 Å². The standard InChI is InChI=1S/C18H22N2O3.C5H10O/c1-4-11-22-15-12-19-18(23-17(21)13(3)5-2)20-16(15)14-9-7-6-8-10-14;1-2-4-6-5-3-1/h6-10,12-13H,4-5,11H2,1-3H3;1-5H2. The third kappa shape index (κ3) is 7.81. The van der Waals surface area contributed by atoms with Gasteiger partial charge in [0.05, 0.1) is 18.7 Å².